The lowest BCUT2D eigenvalue weighted by atomic mass is 10.2. The van der Waals surface area contributed by atoms with E-state index in [1.54, 1.807) is 44.2 Å². The minimum absolute atomic E-state index is 0.0801. The second-order valence-electron chi connectivity index (χ2n) is 5.64. The molecule has 0 aliphatic heterocycles. The average molecular weight is 392 g/mol. The highest BCUT2D eigenvalue weighted by atomic mass is 32.2. The number of benzene rings is 2. The zero-order chi connectivity index (χ0) is 20.0. The molecule has 0 aliphatic rings. The highest BCUT2D eigenvalue weighted by Crippen LogP contribution is 2.29. The summed E-state index contributed by atoms with van der Waals surface area (Å²) in [5, 5.41) is 2.74. The number of nitrogens with one attached hydrogen (secondary N) is 1. The Hall–Kier alpha value is -2.58. The maximum atomic E-state index is 12.7. The minimum Gasteiger partial charge on any atom is -0.497 e. The standard InChI is InChI=1S/C19H24N2O5S/c1-5-21(6-2)27(23,24)16-9-7-8-14(12-16)19(22)20-17-13-15(25-3)10-11-18(17)26-4/h7-13H,5-6H2,1-4H3,(H,20,22). The number of rotatable bonds is 8. The molecule has 0 atom stereocenters. The normalized spacial score (nSPS) is 11.3. The zero-order valence-corrected chi connectivity index (χ0v) is 16.7. The van der Waals surface area contributed by atoms with Crippen LogP contribution in [0.4, 0.5) is 5.69 Å². The SMILES string of the molecule is CCN(CC)S(=O)(=O)c1cccc(C(=O)Nc2cc(OC)ccc2OC)c1. The lowest BCUT2D eigenvalue weighted by Crippen LogP contribution is -2.30. The van der Waals surface area contributed by atoms with Gasteiger partial charge in [-0.15, -0.1) is 0 Å². The Morgan fingerprint density at radius 1 is 1.04 bits per heavy atom. The van der Waals surface area contributed by atoms with Crippen molar-refractivity contribution in [1.29, 1.82) is 0 Å². The summed E-state index contributed by atoms with van der Waals surface area (Å²) >= 11 is 0. The first-order valence-electron chi connectivity index (χ1n) is 8.50. The van der Waals surface area contributed by atoms with E-state index in [1.165, 1.54) is 30.7 Å². The molecule has 7 nitrogen and oxygen atoms in total. The van der Waals surface area contributed by atoms with Crippen LogP contribution in [0.3, 0.4) is 0 Å². The second-order valence-corrected chi connectivity index (χ2v) is 7.58. The molecule has 0 bridgehead atoms. The number of carbonyl (C=O) groups is 1. The largest absolute Gasteiger partial charge is 0.497 e. The Bertz CT molecular complexity index is 908. The van der Waals surface area contributed by atoms with Crippen LogP contribution < -0.4 is 14.8 Å². The second kappa shape index (κ2) is 8.88. The summed E-state index contributed by atoms with van der Waals surface area (Å²) in [4.78, 5) is 12.7. The van der Waals surface area contributed by atoms with Gasteiger partial charge in [-0.2, -0.15) is 4.31 Å². The van der Waals surface area contributed by atoms with Crippen molar-refractivity contribution in [2.24, 2.45) is 0 Å². The summed E-state index contributed by atoms with van der Waals surface area (Å²) in [6.45, 7) is 4.26. The first-order chi connectivity index (χ1) is 12.9. The molecule has 0 saturated heterocycles. The highest BCUT2D eigenvalue weighted by Gasteiger charge is 2.22. The number of hydrogen-bond acceptors (Lipinski definition) is 5. The van der Waals surface area contributed by atoms with Gasteiger partial charge in [0.25, 0.3) is 5.91 Å². The molecule has 0 fully saturated rings. The van der Waals surface area contributed by atoms with E-state index < -0.39 is 15.9 Å². The van der Waals surface area contributed by atoms with Gasteiger partial charge in [-0.25, -0.2) is 8.42 Å². The average Bonchev–Trinajstić information content (AvgIpc) is 2.68. The van der Waals surface area contributed by atoms with Gasteiger partial charge in [0.1, 0.15) is 11.5 Å². The molecule has 0 spiro atoms. The number of hydrogen-bond donors (Lipinski definition) is 1. The van der Waals surface area contributed by atoms with E-state index >= 15 is 0 Å². The summed E-state index contributed by atoms with van der Waals surface area (Å²) < 4.78 is 37.1. The molecule has 0 heterocycles. The van der Waals surface area contributed by atoms with E-state index in [4.69, 9.17) is 9.47 Å². The Kier molecular flexibility index (Phi) is 6.81. The van der Waals surface area contributed by atoms with Gasteiger partial charge in [-0.3, -0.25) is 4.79 Å². The van der Waals surface area contributed by atoms with Crippen LogP contribution in [0.25, 0.3) is 0 Å². The van der Waals surface area contributed by atoms with E-state index in [2.05, 4.69) is 5.32 Å². The Morgan fingerprint density at radius 2 is 1.74 bits per heavy atom. The summed E-state index contributed by atoms with van der Waals surface area (Å²) in [7, 11) is -0.627. The summed E-state index contributed by atoms with van der Waals surface area (Å²) in [6.07, 6.45) is 0. The summed E-state index contributed by atoms with van der Waals surface area (Å²) in [5.41, 5.74) is 0.659. The van der Waals surface area contributed by atoms with Crippen molar-refractivity contribution in [2.45, 2.75) is 18.7 Å². The molecule has 0 saturated carbocycles. The molecule has 2 aromatic carbocycles. The maximum Gasteiger partial charge on any atom is 0.255 e. The van der Waals surface area contributed by atoms with Gasteiger partial charge in [0.15, 0.2) is 0 Å². The van der Waals surface area contributed by atoms with Gasteiger partial charge in [0.2, 0.25) is 10.0 Å². The van der Waals surface area contributed by atoms with Crippen molar-refractivity contribution in [1.82, 2.24) is 4.31 Å². The van der Waals surface area contributed by atoms with Crippen molar-refractivity contribution in [2.75, 3.05) is 32.6 Å². The van der Waals surface area contributed by atoms with Crippen molar-refractivity contribution >= 4 is 21.6 Å². The molecule has 2 rings (SSSR count). The van der Waals surface area contributed by atoms with Crippen LogP contribution in [0.15, 0.2) is 47.4 Å². The maximum absolute atomic E-state index is 12.7. The predicted molar refractivity (Wildman–Crippen MR) is 104 cm³/mol. The monoisotopic (exact) mass is 392 g/mol. The number of carbonyl (C=O) groups excluding carboxylic acids is 1. The third-order valence-electron chi connectivity index (χ3n) is 4.09. The van der Waals surface area contributed by atoms with Crippen LogP contribution in [0.2, 0.25) is 0 Å². The van der Waals surface area contributed by atoms with E-state index in [-0.39, 0.29) is 10.5 Å². The summed E-state index contributed by atoms with van der Waals surface area (Å²) in [6, 6.07) is 11.0. The fraction of sp³-hybridized carbons (Fsp3) is 0.316. The molecule has 1 N–H and O–H groups in total. The third kappa shape index (κ3) is 4.58. The minimum atomic E-state index is -3.64. The topological polar surface area (TPSA) is 84.9 Å². The Morgan fingerprint density at radius 3 is 2.33 bits per heavy atom. The molecule has 146 valence electrons. The smallest absolute Gasteiger partial charge is 0.255 e. The molecular formula is C19H24N2O5S. The molecule has 0 unspecified atom stereocenters. The van der Waals surface area contributed by atoms with Crippen LogP contribution in [-0.2, 0) is 10.0 Å². The highest BCUT2D eigenvalue weighted by molar-refractivity contribution is 7.89. The number of nitrogens with zero attached hydrogens (tertiary/aromatic N) is 1. The van der Waals surface area contributed by atoms with Gasteiger partial charge in [0.05, 0.1) is 24.8 Å². The fourth-order valence-corrected chi connectivity index (χ4v) is 4.12. The number of amides is 1. The van der Waals surface area contributed by atoms with Gasteiger partial charge < -0.3 is 14.8 Å². The van der Waals surface area contributed by atoms with Crippen LogP contribution in [-0.4, -0.2) is 45.9 Å². The van der Waals surface area contributed by atoms with Crippen LogP contribution >= 0.6 is 0 Å². The summed E-state index contributed by atoms with van der Waals surface area (Å²) in [5.74, 6) is 0.582. The molecule has 0 aromatic heterocycles. The molecule has 0 radical (unpaired) electrons. The molecule has 27 heavy (non-hydrogen) atoms. The van der Waals surface area contributed by atoms with E-state index in [0.717, 1.165) is 0 Å². The van der Waals surface area contributed by atoms with Gasteiger partial charge in [-0.05, 0) is 30.3 Å². The first-order valence-corrected chi connectivity index (χ1v) is 9.95. The van der Waals surface area contributed by atoms with Crippen molar-refractivity contribution in [3.63, 3.8) is 0 Å². The quantitative estimate of drug-likeness (QED) is 0.746. The molecule has 2 aromatic rings. The van der Waals surface area contributed by atoms with Crippen molar-refractivity contribution in [3.8, 4) is 11.5 Å². The van der Waals surface area contributed by atoms with Crippen LogP contribution in [0, 0.1) is 0 Å². The van der Waals surface area contributed by atoms with Crippen LogP contribution in [0.1, 0.15) is 24.2 Å². The predicted octanol–water partition coefficient (Wildman–Crippen LogP) is 2.99. The molecule has 1 amide bonds. The van der Waals surface area contributed by atoms with Gasteiger partial charge in [0, 0.05) is 24.7 Å². The van der Waals surface area contributed by atoms with Crippen molar-refractivity contribution in [3.05, 3.63) is 48.0 Å². The van der Waals surface area contributed by atoms with E-state index in [1.807, 2.05) is 0 Å². The third-order valence-corrected chi connectivity index (χ3v) is 6.14. The molecule has 8 heteroatoms. The lowest BCUT2D eigenvalue weighted by molar-refractivity contribution is 0.102. The van der Waals surface area contributed by atoms with E-state index in [9.17, 15) is 13.2 Å². The number of methoxy groups -OCH3 is 2. The van der Waals surface area contributed by atoms with Crippen molar-refractivity contribution < 1.29 is 22.7 Å². The van der Waals surface area contributed by atoms with E-state index in [0.29, 0.717) is 30.3 Å². The Balaban J connectivity index is 2.34. The number of anilines is 1. The fourth-order valence-electron chi connectivity index (χ4n) is 2.62. The first kappa shape index (κ1) is 20.7. The van der Waals surface area contributed by atoms with Crippen LogP contribution in [0.5, 0.6) is 11.5 Å². The van der Waals surface area contributed by atoms with Gasteiger partial charge >= 0.3 is 0 Å². The molecular weight excluding hydrogens is 368 g/mol. The van der Waals surface area contributed by atoms with Gasteiger partial charge in [-0.1, -0.05) is 19.9 Å². The number of sulfonamides is 1. The lowest BCUT2D eigenvalue weighted by Gasteiger charge is -2.18. The molecule has 0 aliphatic carbocycles. The number of ether oxygens (including phenoxy) is 2. The Labute approximate surface area is 160 Å². The zero-order valence-electron chi connectivity index (χ0n) is 15.9.